The molecule has 0 aliphatic heterocycles. The van der Waals surface area contributed by atoms with Crippen LogP contribution in [0.2, 0.25) is 0 Å². The number of fused-ring (bicyclic) bond motifs is 1. The van der Waals surface area contributed by atoms with Crippen molar-refractivity contribution in [2.75, 3.05) is 0 Å². The molecule has 2 rings (SSSR count). The van der Waals surface area contributed by atoms with Gasteiger partial charge in [-0.2, -0.15) is 5.10 Å². The highest BCUT2D eigenvalue weighted by Crippen LogP contribution is 2.32. The van der Waals surface area contributed by atoms with Gasteiger partial charge in [0.25, 0.3) is 0 Å². The third-order valence-electron chi connectivity index (χ3n) is 3.88. The van der Waals surface area contributed by atoms with Gasteiger partial charge in [0, 0.05) is 5.56 Å². The first-order chi connectivity index (χ1) is 8.83. The molecule has 104 valence electrons. The van der Waals surface area contributed by atoms with Gasteiger partial charge in [0.15, 0.2) is 5.65 Å². The second-order valence-electron chi connectivity index (χ2n) is 6.12. The normalized spacial score (nSPS) is 13.2. The Morgan fingerprint density at radius 3 is 2.32 bits per heavy atom. The fourth-order valence-corrected chi connectivity index (χ4v) is 2.46. The van der Waals surface area contributed by atoms with E-state index in [0.29, 0.717) is 12.8 Å². The van der Waals surface area contributed by atoms with Gasteiger partial charge in [-0.1, -0.05) is 40.7 Å². The number of hydrogen-bond donors (Lipinski definition) is 1. The Kier molecular flexibility index (Phi) is 3.39. The van der Waals surface area contributed by atoms with E-state index in [1.54, 1.807) is 10.8 Å². The molecule has 4 nitrogen and oxygen atoms in total. The van der Waals surface area contributed by atoms with Crippen molar-refractivity contribution in [1.29, 1.82) is 0 Å². The van der Waals surface area contributed by atoms with Gasteiger partial charge in [0.2, 0.25) is 0 Å². The minimum atomic E-state index is -0.845. The van der Waals surface area contributed by atoms with Crippen LogP contribution >= 0.6 is 0 Å². The molecule has 0 unspecified atom stereocenters. The van der Waals surface area contributed by atoms with E-state index < -0.39 is 5.60 Å². The summed E-state index contributed by atoms with van der Waals surface area (Å²) in [4.78, 5) is 4.37. The van der Waals surface area contributed by atoms with Gasteiger partial charge in [-0.05, 0) is 24.3 Å². The molecule has 2 aromatic heterocycles. The van der Waals surface area contributed by atoms with Gasteiger partial charge >= 0.3 is 0 Å². The quantitative estimate of drug-likeness (QED) is 0.924. The lowest BCUT2D eigenvalue weighted by atomic mass is 9.86. The average Bonchev–Trinajstić information content (AvgIpc) is 2.84. The number of rotatable bonds is 3. The molecule has 0 radical (unpaired) electrons. The molecule has 0 amide bonds. The van der Waals surface area contributed by atoms with Crippen molar-refractivity contribution in [2.24, 2.45) is 0 Å². The summed E-state index contributed by atoms with van der Waals surface area (Å²) in [5, 5.41) is 15.0. The third-order valence-corrected chi connectivity index (χ3v) is 3.88. The molecule has 0 bridgehead atoms. The number of nitrogens with zero attached hydrogens (tertiary/aromatic N) is 3. The Bertz CT molecular complexity index is 577. The van der Waals surface area contributed by atoms with Crippen LogP contribution in [0.5, 0.6) is 0 Å². The van der Waals surface area contributed by atoms with Gasteiger partial charge in [-0.3, -0.25) is 0 Å². The molecule has 2 heterocycles. The van der Waals surface area contributed by atoms with Crippen LogP contribution in [0.25, 0.3) is 5.65 Å². The van der Waals surface area contributed by atoms with E-state index >= 15 is 0 Å². The van der Waals surface area contributed by atoms with Crippen molar-refractivity contribution >= 4 is 5.65 Å². The van der Waals surface area contributed by atoms with E-state index in [1.807, 2.05) is 19.9 Å². The Hall–Kier alpha value is -1.42. The van der Waals surface area contributed by atoms with Gasteiger partial charge < -0.3 is 5.11 Å². The zero-order chi connectivity index (χ0) is 14.3. The highest BCUT2D eigenvalue weighted by atomic mass is 16.3. The smallest absolute Gasteiger partial charge is 0.159 e. The molecule has 4 heteroatoms. The summed E-state index contributed by atoms with van der Waals surface area (Å²) in [7, 11) is 0. The van der Waals surface area contributed by atoms with Crippen LogP contribution in [-0.2, 0) is 11.0 Å². The molecule has 0 saturated carbocycles. The lowest BCUT2D eigenvalue weighted by Crippen LogP contribution is -2.28. The molecule has 0 saturated heterocycles. The molecule has 0 aliphatic rings. The molecule has 0 spiro atoms. The van der Waals surface area contributed by atoms with Gasteiger partial charge in [-0.25, -0.2) is 9.50 Å². The average molecular weight is 261 g/mol. The van der Waals surface area contributed by atoms with Crippen LogP contribution in [0.3, 0.4) is 0 Å². The predicted molar refractivity (Wildman–Crippen MR) is 76.2 cm³/mol. The Morgan fingerprint density at radius 1 is 1.16 bits per heavy atom. The van der Waals surface area contributed by atoms with E-state index in [4.69, 9.17) is 0 Å². The van der Waals surface area contributed by atoms with Crippen LogP contribution in [-0.4, -0.2) is 19.7 Å². The predicted octanol–water partition coefficient (Wildman–Crippen LogP) is 3.03. The highest BCUT2D eigenvalue weighted by molar-refractivity contribution is 5.52. The summed E-state index contributed by atoms with van der Waals surface area (Å²) in [6.45, 7) is 10.4. The minimum absolute atomic E-state index is 0.00333. The Balaban J connectivity index is 2.72. The lowest BCUT2D eigenvalue weighted by molar-refractivity contribution is 0.0218. The van der Waals surface area contributed by atoms with E-state index in [9.17, 15) is 5.11 Å². The Morgan fingerprint density at radius 2 is 1.79 bits per heavy atom. The largest absolute Gasteiger partial charge is 0.384 e. The van der Waals surface area contributed by atoms with Crippen molar-refractivity contribution in [2.45, 2.75) is 58.5 Å². The first-order valence-electron chi connectivity index (χ1n) is 6.89. The number of aromatic nitrogens is 3. The van der Waals surface area contributed by atoms with Crippen LogP contribution in [0.1, 0.15) is 58.7 Å². The second-order valence-corrected chi connectivity index (χ2v) is 6.12. The molecule has 0 aliphatic carbocycles. The van der Waals surface area contributed by atoms with Crippen molar-refractivity contribution in [3.8, 4) is 0 Å². The highest BCUT2D eigenvalue weighted by Gasteiger charge is 2.30. The maximum atomic E-state index is 10.7. The molecule has 19 heavy (non-hydrogen) atoms. The van der Waals surface area contributed by atoms with E-state index in [2.05, 4.69) is 36.9 Å². The molecular weight excluding hydrogens is 238 g/mol. The summed E-state index contributed by atoms with van der Waals surface area (Å²) in [5.41, 5.74) is 1.96. The van der Waals surface area contributed by atoms with Gasteiger partial charge in [-0.15, -0.1) is 0 Å². The van der Waals surface area contributed by atoms with Crippen molar-refractivity contribution in [3.05, 3.63) is 29.7 Å². The van der Waals surface area contributed by atoms with Gasteiger partial charge in [0.1, 0.15) is 11.9 Å². The Labute approximate surface area is 114 Å². The minimum Gasteiger partial charge on any atom is -0.384 e. The third kappa shape index (κ3) is 2.25. The van der Waals surface area contributed by atoms with Crippen molar-refractivity contribution in [1.82, 2.24) is 14.6 Å². The molecule has 1 N–H and O–H groups in total. The first-order valence-corrected chi connectivity index (χ1v) is 6.89. The fraction of sp³-hybridized carbons (Fsp3) is 0.600. The SMILES string of the molecule is CCC(O)(CC)c1ccc(C(C)(C)C)c2ncnn12. The fourth-order valence-electron chi connectivity index (χ4n) is 2.46. The van der Waals surface area contributed by atoms with E-state index in [1.165, 1.54) is 0 Å². The summed E-state index contributed by atoms with van der Waals surface area (Å²) in [6, 6.07) is 4.05. The molecule has 0 aromatic carbocycles. The van der Waals surface area contributed by atoms with Crippen molar-refractivity contribution in [3.63, 3.8) is 0 Å². The molecule has 0 atom stereocenters. The van der Waals surface area contributed by atoms with Crippen LogP contribution in [0.15, 0.2) is 18.5 Å². The summed E-state index contributed by atoms with van der Waals surface area (Å²) >= 11 is 0. The van der Waals surface area contributed by atoms with Crippen LogP contribution in [0, 0.1) is 0 Å². The second kappa shape index (κ2) is 4.60. The summed E-state index contributed by atoms with van der Waals surface area (Å²) in [6.07, 6.45) is 2.88. The maximum absolute atomic E-state index is 10.7. The van der Waals surface area contributed by atoms with E-state index in [-0.39, 0.29) is 5.41 Å². The standard InChI is InChI=1S/C15H23N3O/c1-6-15(19,7-2)12-9-8-11(14(3,4)5)13-16-10-17-18(12)13/h8-10,19H,6-7H2,1-5H3. The molecule has 0 fully saturated rings. The van der Waals surface area contributed by atoms with Crippen LogP contribution < -0.4 is 0 Å². The maximum Gasteiger partial charge on any atom is 0.159 e. The molecular formula is C15H23N3O. The van der Waals surface area contributed by atoms with E-state index in [0.717, 1.165) is 16.9 Å². The zero-order valence-electron chi connectivity index (χ0n) is 12.4. The molecule has 2 aromatic rings. The number of pyridine rings is 1. The monoisotopic (exact) mass is 261 g/mol. The summed E-state index contributed by atoms with van der Waals surface area (Å²) in [5.74, 6) is 0. The summed E-state index contributed by atoms with van der Waals surface area (Å²) < 4.78 is 1.79. The zero-order valence-corrected chi connectivity index (χ0v) is 12.4. The van der Waals surface area contributed by atoms with Crippen molar-refractivity contribution < 1.29 is 5.11 Å². The lowest BCUT2D eigenvalue weighted by Gasteiger charge is -2.28. The number of hydrogen-bond acceptors (Lipinski definition) is 3. The topological polar surface area (TPSA) is 50.4 Å². The van der Waals surface area contributed by atoms with Crippen LogP contribution in [0.4, 0.5) is 0 Å². The van der Waals surface area contributed by atoms with Gasteiger partial charge in [0.05, 0.1) is 5.69 Å². The number of aliphatic hydroxyl groups is 1. The first kappa shape index (κ1) is 14.0.